The smallest absolute Gasteiger partial charge is 0.345 e. The van der Waals surface area contributed by atoms with Crippen LogP contribution in [-0.2, 0) is 29.1 Å². The molecule has 1 heterocycles. The Morgan fingerprint density at radius 3 is 2.52 bits per heavy atom. The molecule has 1 aliphatic heterocycles. The van der Waals surface area contributed by atoms with Gasteiger partial charge in [-0.15, -0.1) is 12.4 Å². The van der Waals surface area contributed by atoms with Crippen molar-refractivity contribution in [2.24, 2.45) is 11.7 Å². The van der Waals surface area contributed by atoms with Crippen LogP contribution < -0.4 is 15.8 Å². The fourth-order valence-corrected chi connectivity index (χ4v) is 6.28. The number of nitrogens with two attached hydrogens (primary N) is 1. The molecule has 5 N–H and O–H groups in total. The predicted molar refractivity (Wildman–Crippen MR) is 172 cm³/mol. The summed E-state index contributed by atoms with van der Waals surface area (Å²) in [5.74, 6) is -1.61. The van der Waals surface area contributed by atoms with Crippen LogP contribution in [0.25, 0.3) is 10.8 Å². The van der Waals surface area contributed by atoms with E-state index in [1.807, 2.05) is 19.1 Å². The van der Waals surface area contributed by atoms with Crippen LogP contribution >= 0.6 is 12.4 Å². The number of likely N-dealkylation sites (tertiary alicyclic amines) is 1. The van der Waals surface area contributed by atoms with Gasteiger partial charge in [0.1, 0.15) is 0 Å². The molecule has 1 aliphatic rings. The first kappa shape index (κ1) is 36.8. The van der Waals surface area contributed by atoms with Gasteiger partial charge in [0.05, 0.1) is 11.5 Å². The zero-order chi connectivity index (χ0) is 31.4. The zero-order valence-corrected chi connectivity index (χ0v) is 27.1. The molecule has 0 aromatic heterocycles. The second kappa shape index (κ2) is 17.8. The SMILES string of the molecule is CCCCCN(C(=O)CCC(=O)NC[C@@H]1CCCN(C(=N)N)C1)[C@@H](NS(=O)(=O)c1ccc2ccccc2c1)C(=O)OCC.Cl. The maximum Gasteiger partial charge on any atom is 0.345 e. The highest BCUT2D eigenvalue weighted by Gasteiger charge is 2.35. The number of fused-ring (bicyclic) bond motifs is 1. The number of carbonyl (C=O) groups excluding carboxylic acids is 3. The van der Waals surface area contributed by atoms with Crippen molar-refractivity contribution in [1.82, 2.24) is 19.8 Å². The number of unbranched alkanes of at least 4 members (excludes halogenated alkanes) is 2. The number of nitrogens with zero attached hydrogens (tertiary/aromatic N) is 2. The van der Waals surface area contributed by atoms with Crippen LogP contribution in [0, 0.1) is 11.3 Å². The number of hydrogen-bond donors (Lipinski definition) is 4. The predicted octanol–water partition coefficient (Wildman–Crippen LogP) is 2.95. The topological polar surface area (TPSA) is 175 Å². The second-order valence-electron chi connectivity index (χ2n) is 10.7. The van der Waals surface area contributed by atoms with Crippen molar-refractivity contribution in [3.63, 3.8) is 0 Å². The third-order valence-corrected chi connectivity index (χ3v) is 8.86. The number of ether oxygens (including phenoxy) is 1. The van der Waals surface area contributed by atoms with Crippen molar-refractivity contribution in [2.75, 3.05) is 32.8 Å². The molecule has 14 heteroatoms. The van der Waals surface area contributed by atoms with Crippen LogP contribution in [0.5, 0.6) is 0 Å². The summed E-state index contributed by atoms with van der Waals surface area (Å²) < 4.78 is 34.5. The van der Waals surface area contributed by atoms with Crippen molar-refractivity contribution >= 4 is 56.9 Å². The number of rotatable bonds is 15. The van der Waals surface area contributed by atoms with E-state index in [0.717, 1.165) is 31.1 Å². The minimum atomic E-state index is -4.24. The fourth-order valence-electron chi connectivity index (χ4n) is 5.10. The van der Waals surface area contributed by atoms with E-state index in [0.29, 0.717) is 31.4 Å². The van der Waals surface area contributed by atoms with Crippen molar-refractivity contribution in [1.29, 1.82) is 5.41 Å². The molecule has 12 nitrogen and oxygen atoms in total. The lowest BCUT2D eigenvalue weighted by Gasteiger charge is -2.33. The maximum absolute atomic E-state index is 13.5. The van der Waals surface area contributed by atoms with E-state index in [-0.39, 0.29) is 61.1 Å². The van der Waals surface area contributed by atoms with E-state index < -0.39 is 28.1 Å². The van der Waals surface area contributed by atoms with E-state index >= 15 is 0 Å². The first-order valence-electron chi connectivity index (χ1n) is 14.9. The van der Waals surface area contributed by atoms with Crippen LogP contribution in [0.2, 0.25) is 0 Å². The average Bonchev–Trinajstić information content (AvgIpc) is 3.00. The fraction of sp³-hybridized carbons (Fsp3) is 0.533. The number of guanidine groups is 1. The van der Waals surface area contributed by atoms with Gasteiger partial charge in [0.25, 0.3) is 0 Å². The van der Waals surface area contributed by atoms with Crippen molar-refractivity contribution in [3.05, 3.63) is 42.5 Å². The van der Waals surface area contributed by atoms with Crippen LogP contribution in [0.4, 0.5) is 0 Å². The maximum atomic E-state index is 13.5. The standard InChI is InChI=1S/C30H44N6O6S.ClH/c1-3-5-8-18-36(27(38)16-15-26(37)33-20-22-10-9-17-35(21-22)30(31)32)28(29(39)42-4-2)34-43(40,41)25-14-13-23-11-6-7-12-24(23)19-25;/h6-7,11-14,19,22,28,34H,3-5,8-10,15-18,20-21H2,1-2H3,(H3,31,32)(H,33,37);1H/t22-,28+;/m0./s1. The summed E-state index contributed by atoms with van der Waals surface area (Å²) in [7, 11) is -4.24. The zero-order valence-electron chi connectivity index (χ0n) is 25.4. The molecule has 2 aromatic carbocycles. The van der Waals surface area contributed by atoms with E-state index in [1.54, 1.807) is 30.0 Å². The molecule has 2 aromatic rings. The number of piperidine rings is 1. The largest absolute Gasteiger partial charge is 0.463 e. The Morgan fingerprint density at radius 2 is 1.84 bits per heavy atom. The first-order chi connectivity index (χ1) is 20.6. The van der Waals surface area contributed by atoms with Gasteiger partial charge >= 0.3 is 5.97 Å². The van der Waals surface area contributed by atoms with Gasteiger partial charge in [-0.2, -0.15) is 4.72 Å². The number of hydrogen-bond acceptors (Lipinski definition) is 7. The monoisotopic (exact) mass is 652 g/mol. The molecule has 0 saturated carbocycles. The quantitative estimate of drug-likeness (QED) is 0.0747. The van der Waals surface area contributed by atoms with Crippen molar-refractivity contribution in [3.8, 4) is 0 Å². The second-order valence-corrected chi connectivity index (χ2v) is 12.4. The lowest BCUT2D eigenvalue weighted by molar-refractivity contribution is -0.155. The van der Waals surface area contributed by atoms with Crippen molar-refractivity contribution < 1.29 is 27.5 Å². The molecule has 1 fully saturated rings. The van der Waals surface area contributed by atoms with Gasteiger partial charge in [0.2, 0.25) is 21.8 Å². The van der Waals surface area contributed by atoms with Gasteiger partial charge in [-0.05, 0) is 55.0 Å². The van der Waals surface area contributed by atoms with E-state index in [4.69, 9.17) is 15.9 Å². The van der Waals surface area contributed by atoms with Crippen LogP contribution in [0.3, 0.4) is 0 Å². The highest BCUT2D eigenvalue weighted by molar-refractivity contribution is 7.89. The molecule has 0 spiro atoms. The first-order valence-corrected chi connectivity index (χ1v) is 16.4. The Hall–Kier alpha value is -3.42. The number of esters is 1. The summed E-state index contributed by atoms with van der Waals surface area (Å²) in [6.45, 7) is 5.39. The molecule has 44 heavy (non-hydrogen) atoms. The molecular formula is C30H45ClN6O6S. The third-order valence-electron chi connectivity index (χ3n) is 7.46. The summed E-state index contributed by atoms with van der Waals surface area (Å²) in [6.07, 6.45) is 1.98. The molecule has 0 radical (unpaired) electrons. The molecule has 2 atom stereocenters. The molecule has 244 valence electrons. The normalized spacial score (nSPS) is 15.6. The number of benzene rings is 2. The third kappa shape index (κ3) is 10.6. The van der Waals surface area contributed by atoms with Gasteiger partial charge in [-0.25, -0.2) is 13.2 Å². The number of halogens is 1. The number of nitrogens with one attached hydrogen (secondary N) is 3. The Labute approximate surface area is 266 Å². The highest BCUT2D eigenvalue weighted by Crippen LogP contribution is 2.20. The van der Waals surface area contributed by atoms with Crippen LogP contribution in [0.15, 0.2) is 47.4 Å². The van der Waals surface area contributed by atoms with Gasteiger partial charge in [0, 0.05) is 39.0 Å². The Morgan fingerprint density at radius 1 is 1.11 bits per heavy atom. The molecule has 0 bridgehead atoms. The van der Waals surface area contributed by atoms with Gasteiger partial charge in [-0.3, -0.25) is 15.0 Å². The summed E-state index contributed by atoms with van der Waals surface area (Å²) in [5.41, 5.74) is 5.60. The molecule has 1 saturated heterocycles. The van der Waals surface area contributed by atoms with Gasteiger partial charge in [-0.1, -0.05) is 50.1 Å². The molecule has 0 aliphatic carbocycles. The number of sulfonamides is 1. The lowest BCUT2D eigenvalue weighted by atomic mass is 9.98. The van der Waals surface area contributed by atoms with Crippen molar-refractivity contribution in [2.45, 2.75) is 69.9 Å². The van der Waals surface area contributed by atoms with Gasteiger partial charge in [0.15, 0.2) is 12.1 Å². The summed E-state index contributed by atoms with van der Waals surface area (Å²) >= 11 is 0. The molecule has 3 rings (SSSR count). The number of carbonyl (C=O) groups is 3. The Bertz CT molecular complexity index is 1390. The van der Waals surface area contributed by atoms with Gasteiger partial charge < -0.3 is 25.6 Å². The average molecular weight is 653 g/mol. The Kier molecular flexibility index (Phi) is 14.8. The Balaban J connectivity index is 0.00000675. The van der Waals surface area contributed by atoms with E-state index in [1.165, 1.54) is 17.0 Å². The van der Waals surface area contributed by atoms with E-state index in [2.05, 4.69) is 10.0 Å². The minimum Gasteiger partial charge on any atom is -0.463 e. The van der Waals surface area contributed by atoms with Crippen LogP contribution in [-0.4, -0.2) is 80.9 Å². The summed E-state index contributed by atoms with van der Waals surface area (Å²) in [5, 5.41) is 12.1. The van der Waals surface area contributed by atoms with E-state index in [9.17, 15) is 22.8 Å². The summed E-state index contributed by atoms with van der Waals surface area (Å²) in [6, 6.07) is 11.9. The molecule has 0 unspecified atom stereocenters. The lowest BCUT2D eigenvalue weighted by Crippen LogP contribution is -2.56. The minimum absolute atomic E-state index is 0. The molecule has 2 amide bonds. The summed E-state index contributed by atoms with van der Waals surface area (Å²) in [4.78, 5) is 42.1. The number of amides is 2. The highest BCUT2D eigenvalue weighted by atomic mass is 35.5. The van der Waals surface area contributed by atoms with Crippen LogP contribution in [0.1, 0.15) is 58.8 Å². The molecular weight excluding hydrogens is 608 g/mol.